The van der Waals surface area contributed by atoms with E-state index in [1.807, 2.05) is 0 Å². The minimum atomic E-state index is -0.00951. The standard InChI is InChI=1S/C15H27NO2/c1-3-12-5-4-6-14(11-12)16-9-7-13(8-10-16)15(17)18-2/h12-14H,3-11H2,1-2H3. The van der Waals surface area contributed by atoms with Gasteiger partial charge in [-0.25, -0.2) is 0 Å². The van der Waals surface area contributed by atoms with Gasteiger partial charge in [0.15, 0.2) is 0 Å². The van der Waals surface area contributed by atoms with Gasteiger partial charge in [-0.05, 0) is 44.7 Å². The van der Waals surface area contributed by atoms with Gasteiger partial charge in [0.2, 0.25) is 0 Å². The fourth-order valence-corrected chi connectivity index (χ4v) is 3.63. The van der Waals surface area contributed by atoms with Crippen molar-refractivity contribution >= 4 is 5.97 Å². The van der Waals surface area contributed by atoms with E-state index in [1.54, 1.807) is 0 Å². The van der Waals surface area contributed by atoms with E-state index in [0.29, 0.717) is 0 Å². The molecule has 1 aliphatic carbocycles. The summed E-state index contributed by atoms with van der Waals surface area (Å²) in [6.45, 7) is 4.48. The van der Waals surface area contributed by atoms with Crippen molar-refractivity contribution in [3.8, 4) is 0 Å². The van der Waals surface area contributed by atoms with Crippen LogP contribution < -0.4 is 0 Å². The molecule has 2 unspecified atom stereocenters. The molecule has 3 heteroatoms. The molecule has 1 saturated heterocycles. The summed E-state index contributed by atoms with van der Waals surface area (Å²) in [7, 11) is 1.50. The number of nitrogens with zero attached hydrogens (tertiary/aromatic N) is 1. The highest BCUT2D eigenvalue weighted by atomic mass is 16.5. The van der Waals surface area contributed by atoms with Gasteiger partial charge in [-0.2, -0.15) is 0 Å². The topological polar surface area (TPSA) is 29.5 Å². The van der Waals surface area contributed by atoms with Crippen molar-refractivity contribution in [3.05, 3.63) is 0 Å². The second-order valence-corrected chi connectivity index (χ2v) is 5.93. The van der Waals surface area contributed by atoms with Crippen LogP contribution in [0.2, 0.25) is 0 Å². The zero-order valence-corrected chi connectivity index (χ0v) is 11.9. The summed E-state index contributed by atoms with van der Waals surface area (Å²) in [5.74, 6) is 1.07. The lowest BCUT2D eigenvalue weighted by molar-refractivity contribution is -0.147. The summed E-state index contributed by atoms with van der Waals surface area (Å²) in [5, 5.41) is 0. The SMILES string of the molecule is CCC1CCCC(N2CCC(C(=O)OC)CC2)C1. The quantitative estimate of drug-likeness (QED) is 0.724. The van der Waals surface area contributed by atoms with E-state index >= 15 is 0 Å². The highest BCUT2D eigenvalue weighted by Gasteiger charge is 2.31. The lowest BCUT2D eigenvalue weighted by Gasteiger charge is -2.40. The molecule has 2 fully saturated rings. The number of esters is 1. The highest BCUT2D eigenvalue weighted by molar-refractivity contribution is 5.72. The van der Waals surface area contributed by atoms with Crippen molar-refractivity contribution in [2.45, 2.75) is 57.9 Å². The molecule has 2 rings (SSSR count). The number of likely N-dealkylation sites (tertiary alicyclic amines) is 1. The first-order valence-corrected chi connectivity index (χ1v) is 7.56. The van der Waals surface area contributed by atoms with Crippen molar-refractivity contribution in [1.29, 1.82) is 0 Å². The Morgan fingerprint density at radius 1 is 1.22 bits per heavy atom. The zero-order chi connectivity index (χ0) is 13.0. The predicted molar refractivity (Wildman–Crippen MR) is 72.4 cm³/mol. The third kappa shape index (κ3) is 3.25. The van der Waals surface area contributed by atoms with Crippen LogP contribution in [0.5, 0.6) is 0 Å². The van der Waals surface area contributed by atoms with Crippen molar-refractivity contribution < 1.29 is 9.53 Å². The molecule has 0 aromatic heterocycles. The van der Waals surface area contributed by atoms with Gasteiger partial charge in [-0.15, -0.1) is 0 Å². The molecule has 2 atom stereocenters. The van der Waals surface area contributed by atoms with Gasteiger partial charge in [0.1, 0.15) is 0 Å². The van der Waals surface area contributed by atoms with Gasteiger partial charge in [-0.1, -0.05) is 26.2 Å². The molecule has 0 radical (unpaired) electrons. The highest BCUT2D eigenvalue weighted by Crippen LogP contribution is 2.32. The van der Waals surface area contributed by atoms with Crippen molar-refractivity contribution in [3.63, 3.8) is 0 Å². The van der Waals surface area contributed by atoms with E-state index in [2.05, 4.69) is 11.8 Å². The van der Waals surface area contributed by atoms with Crippen LogP contribution in [0.25, 0.3) is 0 Å². The van der Waals surface area contributed by atoms with E-state index in [9.17, 15) is 4.79 Å². The smallest absolute Gasteiger partial charge is 0.308 e. The molecular weight excluding hydrogens is 226 g/mol. The van der Waals surface area contributed by atoms with E-state index in [4.69, 9.17) is 4.74 Å². The van der Waals surface area contributed by atoms with Crippen LogP contribution in [-0.2, 0) is 9.53 Å². The lowest BCUT2D eigenvalue weighted by atomic mass is 9.82. The molecule has 1 heterocycles. The van der Waals surface area contributed by atoms with Crippen LogP contribution >= 0.6 is 0 Å². The van der Waals surface area contributed by atoms with Gasteiger partial charge in [-0.3, -0.25) is 4.79 Å². The van der Waals surface area contributed by atoms with E-state index in [0.717, 1.165) is 37.9 Å². The first-order chi connectivity index (χ1) is 8.74. The Bertz CT molecular complexity index is 272. The Morgan fingerprint density at radius 3 is 2.56 bits per heavy atom. The number of carbonyl (C=O) groups is 1. The van der Waals surface area contributed by atoms with E-state index in [-0.39, 0.29) is 11.9 Å². The Labute approximate surface area is 111 Å². The van der Waals surface area contributed by atoms with Crippen LogP contribution in [0, 0.1) is 11.8 Å². The van der Waals surface area contributed by atoms with Crippen LogP contribution in [-0.4, -0.2) is 37.1 Å². The molecule has 0 bridgehead atoms. The molecule has 3 nitrogen and oxygen atoms in total. The van der Waals surface area contributed by atoms with Crippen molar-refractivity contribution in [1.82, 2.24) is 4.90 Å². The van der Waals surface area contributed by atoms with Gasteiger partial charge in [0.05, 0.1) is 13.0 Å². The Kier molecular flexibility index (Phi) is 5.04. The number of ether oxygens (including phenoxy) is 1. The van der Waals surface area contributed by atoms with Crippen LogP contribution in [0.15, 0.2) is 0 Å². The Hall–Kier alpha value is -0.570. The van der Waals surface area contributed by atoms with Gasteiger partial charge in [0, 0.05) is 6.04 Å². The predicted octanol–water partition coefficient (Wildman–Crippen LogP) is 2.84. The number of piperidine rings is 1. The third-order valence-electron chi connectivity index (χ3n) is 4.91. The molecule has 1 aliphatic heterocycles. The Morgan fingerprint density at radius 2 is 1.94 bits per heavy atom. The van der Waals surface area contributed by atoms with Gasteiger partial charge < -0.3 is 9.64 Å². The maximum absolute atomic E-state index is 11.5. The summed E-state index contributed by atoms with van der Waals surface area (Å²) in [6, 6.07) is 0.780. The van der Waals surface area contributed by atoms with Crippen molar-refractivity contribution in [2.75, 3.05) is 20.2 Å². The van der Waals surface area contributed by atoms with Crippen LogP contribution in [0.1, 0.15) is 51.9 Å². The van der Waals surface area contributed by atoms with E-state index in [1.165, 1.54) is 39.2 Å². The molecule has 1 saturated carbocycles. The normalized spacial score (nSPS) is 31.2. The second kappa shape index (κ2) is 6.55. The molecule has 0 N–H and O–H groups in total. The largest absolute Gasteiger partial charge is 0.469 e. The number of hydrogen-bond donors (Lipinski definition) is 0. The minimum absolute atomic E-state index is 0.00951. The minimum Gasteiger partial charge on any atom is -0.469 e. The van der Waals surface area contributed by atoms with Crippen LogP contribution in [0.3, 0.4) is 0 Å². The molecular formula is C15H27NO2. The molecule has 0 aromatic carbocycles. The third-order valence-corrected chi connectivity index (χ3v) is 4.91. The molecule has 2 aliphatic rings. The molecule has 104 valence electrons. The first-order valence-electron chi connectivity index (χ1n) is 7.56. The maximum atomic E-state index is 11.5. The maximum Gasteiger partial charge on any atom is 0.308 e. The summed E-state index contributed by atoms with van der Waals surface area (Å²) in [5.41, 5.74) is 0. The lowest BCUT2D eigenvalue weighted by Crippen LogP contribution is -2.44. The average Bonchev–Trinajstić information content (AvgIpc) is 2.46. The summed E-state index contributed by atoms with van der Waals surface area (Å²) in [4.78, 5) is 14.1. The molecule has 0 aromatic rings. The van der Waals surface area contributed by atoms with Gasteiger partial charge >= 0.3 is 5.97 Å². The zero-order valence-electron chi connectivity index (χ0n) is 11.9. The number of rotatable bonds is 3. The van der Waals surface area contributed by atoms with Gasteiger partial charge in [0.25, 0.3) is 0 Å². The summed E-state index contributed by atoms with van der Waals surface area (Å²) >= 11 is 0. The summed E-state index contributed by atoms with van der Waals surface area (Å²) in [6.07, 6.45) is 8.85. The number of methoxy groups -OCH3 is 1. The fourth-order valence-electron chi connectivity index (χ4n) is 3.63. The fraction of sp³-hybridized carbons (Fsp3) is 0.933. The van der Waals surface area contributed by atoms with Crippen molar-refractivity contribution in [2.24, 2.45) is 11.8 Å². The molecule has 0 spiro atoms. The Balaban J connectivity index is 1.80. The first kappa shape index (κ1) is 13.9. The van der Waals surface area contributed by atoms with Crippen LogP contribution in [0.4, 0.5) is 0 Å². The number of carbonyl (C=O) groups excluding carboxylic acids is 1. The molecule has 0 amide bonds. The van der Waals surface area contributed by atoms with E-state index < -0.39 is 0 Å². The second-order valence-electron chi connectivity index (χ2n) is 5.93. The average molecular weight is 253 g/mol. The summed E-state index contributed by atoms with van der Waals surface area (Å²) < 4.78 is 4.85. The number of hydrogen-bond acceptors (Lipinski definition) is 3. The monoisotopic (exact) mass is 253 g/mol. The molecule has 18 heavy (non-hydrogen) atoms.